The van der Waals surface area contributed by atoms with Crippen LogP contribution in [0.2, 0.25) is 0 Å². The molecule has 144 valence electrons. The minimum absolute atomic E-state index is 0.0304. The Bertz CT molecular complexity index is 806. The van der Waals surface area contributed by atoms with Crippen molar-refractivity contribution >= 4 is 17.4 Å². The van der Waals surface area contributed by atoms with Gasteiger partial charge in [-0.15, -0.1) is 0 Å². The summed E-state index contributed by atoms with van der Waals surface area (Å²) in [6.45, 7) is 1.98. The Morgan fingerprint density at radius 3 is 2.44 bits per heavy atom. The molecule has 2 rings (SSSR count). The lowest BCUT2D eigenvalue weighted by atomic mass is 10.1. The topological polar surface area (TPSA) is 96.7 Å². The van der Waals surface area contributed by atoms with Crippen molar-refractivity contribution in [2.24, 2.45) is 0 Å². The first-order valence-corrected chi connectivity index (χ1v) is 8.42. The molecule has 27 heavy (non-hydrogen) atoms. The molecule has 0 aliphatic carbocycles. The Morgan fingerprint density at radius 1 is 1.22 bits per heavy atom. The Labute approximate surface area is 158 Å². The van der Waals surface area contributed by atoms with Gasteiger partial charge in [0.1, 0.15) is 5.75 Å². The molecule has 0 aliphatic rings. The van der Waals surface area contributed by atoms with Crippen LogP contribution in [0.1, 0.15) is 17.2 Å². The van der Waals surface area contributed by atoms with Crippen LogP contribution in [0.4, 0.5) is 16.2 Å². The third-order valence-electron chi connectivity index (χ3n) is 4.33. The zero-order valence-electron chi connectivity index (χ0n) is 15.9. The van der Waals surface area contributed by atoms with Crippen LogP contribution >= 0.6 is 0 Å². The van der Waals surface area contributed by atoms with Gasteiger partial charge in [0.05, 0.1) is 29.3 Å². The van der Waals surface area contributed by atoms with Crippen LogP contribution in [0.5, 0.6) is 5.75 Å². The Kier molecular flexibility index (Phi) is 6.73. The quantitative estimate of drug-likeness (QED) is 0.574. The summed E-state index contributed by atoms with van der Waals surface area (Å²) in [7, 11) is 5.47. The van der Waals surface area contributed by atoms with Gasteiger partial charge in [-0.3, -0.25) is 10.1 Å². The number of carbonyl (C=O) groups is 1. The molecule has 0 fully saturated rings. The second kappa shape index (κ2) is 9.00. The minimum atomic E-state index is -0.468. The number of hydrogen-bond donors (Lipinski definition) is 2. The maximum absolute atomic E-state index is 12.3. The molecule has 0 spiro atoms. The van der Waals surface area contributed by atoms with E-state index in [0.717, 1.165) is 11.3 Å². The molecule has 8 nitrogen and oxygen atoms in total. The number of nitrogens with zero attached hydrogens (tertiary/aromatic N) is 2. The van der Waals surface area contributed by atoms with E-state index in [1.807, 2.05) is 43.3 Å². The lowest BCUT2D eigenvalue weighted by Crippen LogP contribution is -2.37. The minimum Gasteiger partial charge on any atom is -0.497 e. The normalized spacial score (nSPS) is 11.7. The largest absolute Gasteiger partial charge is 0.497 e. The molecule has 1 atom stereocenters. The molecule has 0 aliphatic heterocycles. The average molecular weight is 372 g/mol. The molecule has 2 aromatic carbocycles. The predicted molar refractivity (Wildman–Crippen MR) is 104 cm³/mol. The van der Waals surface area contributed by atoms with Crippen molar-refractivity contribution in [3.63, 3.8) is 0 Å². The van der Waals surface area contributed by atoms with Gasteiger partial charge in [-0.05, 0) is 44.8 Å². The van der Waals surface area contributed by atoms with Crippen LogP contribution in [0.15, 0.2) is 42.5 Å². The number of carbonyl (C=O) groups excluding carboxylic acids is 1. The van der Waals surface area contributed by atoms with Gasteiger partial charge in [0, 0.05) is 12.6 Å². The number of rotatable bonds is 7. The van der Waals surface area contributed by atoms with Gasteiger partial charge in [0.25, 0.3) is 5.69 Å². The third-order valence-corrected chi connectivity index (χ3v) is 4.33. The molecule has 0 heterocycles. The van der Waals surface area contributed by atoms with E-state index in [9.17, 15) is 14.9 Å². The van der Waals surface area contributed by atoms with E-state index in [1.165, 1.54) is 6.07 Å². The predicted octanol–water partition coefficient (Wildman–Crippen LogP) is 3.34. The second-order valence-electron chi connectivity index (χ2n) is 6.29. The van der Waals surface area contributed by atoms with Crippen molar-refractivity contribution in [3.8, 4) is 5.75 Å². The SMILES string of the molecule is COc1ccc(C(CNC(=O)Nc2cccc([N+](=O)[O-])c2C)N(C)C)cc1. The van der Waals surface area contributed by atoms with Crippen LogP contribution in [-0.4, -0.2) is 43.6 Å². The van der Waals surface area contributed by atoms with Crippen LogP contribution in [0.25, 0.3) is 0 Å². The van der Waals surface area contributed by atoms with E-state index < -0.39 is 11.0 Å². The van der Waals surface area contributed by atoms with Crippen molar-refractivity contribution < 1.29 is 14.5 Å². The van der Waals surface area contributed by atoms with Crippen LogP contribution in [0, 0.1) is 17.0 Å². The molecule has 1 unspecified atom stereocenters. The number of hydrogen-bond acceptors (Lipinski definition) is 5. The highest BCUT2D eigenvalue weighted by Gasteiger charge is 2.17. The first kappa shape index (κ1) is 20.2. The summed E-state index contributed by atoms with van der Waals surface area (Å²) in [6.07, 6.45) is 0. The number of anilines is 1. The maximum Gasteiger partial charge on any atom is 0.319 e. The van der Waals surface area contributed by atoms with E-state index in [0.29, 0.717) is 17.8 Å². The molecule has 0 saturated heterocycles. The molecule has 0 bridgehead atoms. The Morgan fingerprint density at radius 2 is 1.89 bits per heavy atom. The highest BCUT2D eigenvalue weighted by atomic mass is 16.6. The lowest BCUT2D eigenvalue weighted by molar-refractivity contribution is -0.385. The molecule has 2 amide bonds. The molecule has 8 heteroatoms. The first-order chi connectivity index (χ1) is 12.8. The van der Waals surface area contributed by atoms with E-state index >= 15 is 0 Å². The lowest BCUT2D eigenvalue weighted by Gasteiger charge is -2.25. The van der Waals surface area contributed by atoms with Gasteiger partial charge < -0.3 is 20.3 Å². The highest BCUT2D eigenvalue weighted by Crippen LogP contribution is 2.25. The number of benzene rings is 2. The number of amides is 2. The van der Waals surface area contributed by atoms with Crippen molar-refractivity contribution in [2.45, 2.75) is 13.0 Å². The van der Waals surface area contributed by atoms with E-state index in [4.69, 9.17) is 4.74 Å². The molecule has 0 saturated carbocycles. The summed E-state index contributed by atoms with van der Waals surface area (Å²) in [6, 6.07) is 11.8. The fourth-order valence-electron chi connectivity index (χ4n) is 2.74. The first-order valence-electron chi connectivity index (χ1n) is 8.42. The van der Waals surface area contributed by atoms with Crippen molar-refractivity contribution in [3.05, 3.63) is 63.7 Å². The number of nitro benzene ring substituents is 1. The standard InChI is InChI=1S/C19H24N4O4/c1-13-16(6-5-7-17(13)23(25)26)21-19(24)20-12-18(22(2)3)14-8-10-15(27-4)11-9-14/h5-11,18H,12H2,1-4H3,(H2,20,21,24). The van der Waals surface area contributed by atoms with Gasteiger partial charge >= 0.3 is 6.03 Å². The van der Waals surface area contributed by atoms with Crippen molar-refractivity contribution in [1.29, 1.82) is 0 Å². The van der Waals surface area contributed by atoms with Crippen LogP contribution in [0.3, 0.4) is 0 Å². The molecular formula is C19H24N4O4. The highest BCUT2D eigenvalue weighted by molar-refractivity contribution is 5.90. The molecule has 2 aromatic rings. The van der Waals surface area contributed by atoms with Gasteiger partial charge in [-0.25, -0.2) is 4.79 Å². The summed E-state index contributed by atoms with van der Waals surface area (Å²) in [5.41, 5.74) is 1.83. The number of nitrogens with one attached hydrogen (secondary N) is 2. The fraction of sp³-hybridized carbons (Fsp3) is 0.316. The zero-order valence-corrected chi connectivity index (χ0v) is 15.9. The van der Waals surface area contributed by atoms with E-state index in [1.54, 1.807) is 26.2 Å². The number of methoxy groups -OCH3 is 1. The summed E-state index contributed by atoms with van der Waals surface area (Å²) < 4.78 is 5.17. The van der Waals surface area contributed by atoms with E-state index in [2.05, 4.69) is 10.6 Å². The van der Waals surface area contributed by atoms with Gasteiger partial charge in [-0.2, -0.15) is 0 Å². The third kappa shape index (κ3) is 5.18. The summed E-state index contributed by atoms with van der Waals surface area (Å²) in [5, 5.41) is 16.5. The number of urea groups is 1. The van der Waals surface area contributed by atoms with Gasteiger partial charge in [0.2, 0.25) is 0 Å². The van der Waals surface area contributed by atoms with Crippen LogP contribution < -0.4 is 15.4 Å². The van der Waals surface area contributed by atoms with Gasteiger partial charge in [-0.1, -0.05) is 18.2 Å². The van der Waals surface area contributed by atoms with Gasteiger partial charge in [0.15, 0.2) is 0 Å². The van der Waals surface area contributed by atoms with Crippen LogP contribution in [-0.2, 0) is 0 Å². The summed E-state index contributed by atoms with van der Waals surface area (Å²) >= 11 is 0. The maximum atomic E-state index is 12.3. The summed E-state index contributed by atoms with van der Waals surface area (Å²) in [5.74, 6) is 0.767. The molecule has 2 N–H and O–H groups in total. The smallest absolute Gasteiger partial charge is 0.319 e. The van der Waals surface area contributed by atoms with Crippen molar-refractivity contribution in [2.75, 3.05) is 33.1 Å². The number of ether oxygens (including phenoxy) is 1. The van der Waals surface area contributed by atoms with E-state index in [-0.39, 0.29) is 11.7 Å². The zero-order chi connectivity index (χ0) is 20.0. The molecule has 0 aromatic heterocycles. The number of likely N-dealkylation sites (N-methyl/N-ethyl adjacent to an activating group) is 1. The van der Waals surface area contributed by atoms with Crippen molar-refractivity contribution in [1.82, 2.24) is 10.2 Å². The summed E-state index contributed by atoms with van der Waals surface area (Å²) in [4.78, 5) is 24.8. The fourth-order valence-corrected chi connectivity index (χ4v) is 2.74. The molecular weight excluding hydrogens is 348 g/mol. The Balaban J connectivity index is 2.04. The Hall–Kier alpha value is -3.13. The number of nitro groups is 1. The second-order valence-corrected chi connectivity index (χ2v) is 6.29. The molecule has 0 radical (unpaired) electrons. The average Bonchev–Trinajstić information content (AvgIpc) is 2.63. The monoisotopic (exact) mass is 372 g/mol.